The van der Waals surface area contributed by atoms with E-state index in [-0.39, 0.29) is 0 Å². The number of rotatable bonds is 12. The number of hydrogen-bond donors (Lipinski definition) is 0. The third kappa shape index (κ3) is 6.86. The third-order valence-corrected chi connectivity index (χ3v) is 13.7. The van der Waals surface area contributed by atoms with E-state index in [1.807, 2.05) is 0 Å². The van der Waals surface area contributed by atoms with E-state index < -0.39 is 6.29 Å². The summed E-state index contributed by atoms with van der Waals surface area (Å²) in [4.78, 5) is 0. The van der Waals surface area contributed by atoms with Gasteiger partial charge in [-0.15, -0.1) is 0 Å². The molecule has 0 amide bonds. The molecule has 1 atom stereocenters. The SMILES string of the molecule is CCCCP(P)(CCCC)(CCCC)CCCC. The van der Waals surface area contributed by atoms with E-state index in [9.17, 15) is 0 Å². The van der Waals surface area contributed by atoms with Gasteiger partial charge in [0.2, 0.25) is 0 Å². The van der Waals surface area contributed by atoms with Crippen molar-refractivity contribution in [1.29, 1.82) is 0 Å². The van der Waals surface area contributed by atoms with Crippen LogP contribution in [0.3, 0.4) is 0 Å². The van der Waals surface area contributed by atoms with Crippen molar-refractivity contribution in [2.75, 3.05) is 24.6 Å². The van der Waals surface area contributed by atoms with Gasteiger partial charge in [-0.3, -0.25) is 0 Å². The van der Waals surface area contributed by atoms with Gasteiger partial charge < -0.3 is 0 Å². The van der Waals surface area contributed by atoms with Gasteiger partial charge in [-0.1, -0.05) is 0 Å². The molecule has 0 aromatic rings. The van der Waals surface area contributed by atoms with Crippen LogP contribution in [0.2, 0.25) is 0 Å². The molecule has 0 bridgehead atoms. The van der Waals surface area contributed by atoms with Gasteiger partial charge in [-0.05, 0) is 0 Å². The molecule has 0 nitrogen and oxygen atoms in total. The summed E-state index contributed by atoms with van der Waals surface area (Å²) < 4.78 is 0. The van der Waals surface area contributed by atoms with Crippen LogP contribution >= 0.6 is 15.2 Å². The molecule has 0 fully saturated rings. The zero-order chi connectivity index (χ0) is 13.9. The standard InChI is InChI=1S/C16H38P2/c1-5-9-13-18(17,14-10-6-2,15-11-7-3)16-12-8-4/h5-17H2,1-4H3. The Morgan fingerprint density at radius 2 is 0.778 bits per heavy atom. The molecule has 18 heavy (non-hydrogen) atoms. The zero-order valence-corrected chi connectivity index (χ0v) is 15.6. The second kappa shape index (κ2) is 9.72. The minimum atomic E-state index is -1.44. The van der Waals surface area contributed by atoms with Crippen LogP contribution in [0.1, 0.15) is 79.1 Å². The average Bonchev–Trinajstić information content (AvgIpc) is 2.40. The molecule has 0 saturated heterocycles. The minimum absolute atomic E-state index is 1.37. The first kappa shape index (κ1) is 18.9. The zero-order valence-electron chi connectivity index (χ0n) is 13.5. The summed E-state index contributed by atoms with van der Waals surface area (Å²) in [6.45, 7) is 9.41. The van der Waals surface area contributed by atoms with Crippen molar-refractivity contribution in [3.05, 3.63) is 0 Å². The molecule has 0 spiro atoms. The fourth-order valence-electron chi connectivity index (χ4n) is 3.01. The molecular weight excluding hydrogens is 254 g/mol. The predicted octanol–water partition coefficient (Wildman–Crippen LogP) is 6.53. The summed E-state index contributed by atoms with van der Waals surface area (Å²) in [5.74, 6) is 0. The van der Waals surface area contributed by atoms with Crippen molar-refractivity contribution in [3.63, 3.8) is 0 Å². The number of hydrogen-bond acceptors (Lipinski definition) is 0. The van der Waals surface area contributed by atoms with Gasteiger partial charge in [0.25, 0.3) is 0 Å². The van der Waals surface area contributed by atoms with Crippen molar-refractivity contribution in [2.24, 2.45) is 0 Å². The van der Waals surface area contributed by atoms with E-state index in [2.05, 4.69) is 36.6 Å². The molecule has 1 unspecified atom stereocenters. The van der Waals surface area contributed by atoms with Crippen LogP contribution in [0.25, 0.3) is 0 Å². The van der Waals surface area contributed by atoms with Gasteiger partial charge in [0.05, 0.1) is 0 Å². The van der Waals surface area contributed by atoms with Crippen LogP contribution in [0.15, 0.2) is 0 Å². The van der Waals surface area contributed by atoms with E-state index in [4.69, 9.17) is 0 Å². The van der Waals surface area contributed by atoms with E-state index >= 15 is 0 Å². The Kier molecular flexibility index (Phi) is 10.2. The van der Waals surface area contributed by atoms with Gasteiger partial charge >= 0.3 is 119 Å². The van der Waals surface area contributed by atoms with Crippen molar-refractivity contribution in [1.82, 2.24) is 0 Å². The first-order chi connectivity index (χ1) is 8.54. The number of unbranched alkanes of at least 4 members (excludes halogenated alkanes) is 4. The van der Waals surface area contributed by atoms with Gasteiger partial charge in [-0.25, -0.2) is 0 Å². The first-order valence-corrected chi connectivity index (χ1v) is 12.9. The Balaban J connectivity index is 4.82. The van der Waals surface area contributed by atoms with E-state index in [0.717, 1.165) is 0 Å². The van der Waals surface area contributed by atoms with Crippen molar-refractivity contribution in [3.8, 4) is 0 Å². The first-order valence-electron chi connectivity index (χ1n) is 8.35. The Labute approximate surface area is 119 Å². The normalized spacial score (nSPS) is 14.4. The van der Waals surface area contributed by atoms with Gasteiger partial charge in [0.15, 0.2) is 0 Å². The summed E-state index contributed by atoms with van der Waals surface area (Å²) in [6.07, 6.45) is 16.1. The second-order valence-corrected chi connectivity index (χ2v) is 16.7. The molecule has 0 heterocycles. The monoisotopic (exact) mass is 292 g/mol. The van der Waals surface area contributed by atoms with E-state index in [0.29, 0.717) is 0 Å². The second-order valence-electron chi connectivity index (χ2n) is 6.38. The summed E-state index contributed by atoms with van der Waals surface area (Å²) >= 11 is 0. The summed E-state index contributed by atoms with van der Waals surface area (Å²) in [6, 6.07) is 0. The molecule has 0 aromatic carbocycles. The predicted molar refractivity (Wildman–Crippen MR) is 95.7 cm³/mol. The average molecular weight is 292 g/mol. The molecule has 0 saturated carbocycles. The van der Waals surface area contributed by atoms with Crippen LogP contribution in [-0.4, -0.2) is 24.6 Å². The van der Waals surface area contributed by atoms with Crippen molar-refractivity contribution in [2.45, 2.75) is 79.1 Å². The fraction of sp³-hybridized carbons (Fsp3) is 1.00. The van der Waals surface area contributed by atoms with Gasteiger partial charge in [0.1, 0.15) is 0 Å². The molecule has 0 aromatic heterocycles. The van der Waals surface area contributed by atoms with E-state index in [1.165, 1.54) is 51.4 Å². The molecule has 0 radical (unpaired) electrons. The molecule has 112 valence electrons. The fourth-order valence-corrected chi connectivity index (χ4v) is 11.2. The molecular formula is C16H38P2. The van der Waals surface area contributed by atoms with Gasteiger partial charge in [0, 0.05) is 0 Å². The van der Waals surface area contributed by atoms with Crippen LogP contribution in [0, 0.1) is 0 Å². The third-order valence-electron chi connectivity index (χ3n) is 4.46. The molecule has 0 aliphatic carbocycles. The molecule has 0 aliphatic rings. The Morgan fingerprint density at radius 1 is 0.556 bits per heavy atom. The molecule has 0 rings (SSSR count). The van der Waals surface area contributed by atoms with Crippen molar-refractivity contribution >= 4 is 15.2 Å². The quantitative estimate of drug-likeness (QED) is 0.359. The summed E-state index contributed by atoms with van der Waals surface area (Å²) in [7, 11) is 3.50. The van der Waals surface area contributed by atoms with E-state index in [1.54, 1.807) is 24.6 Å². The maximum absolute atomic E-state index is 3.50. The van der Waals surface area contributed by atoms with Crippen LogP contribution < -0.4 is 0 Å². The molecule has 0 N–H and O–H groups in total. The Hall–Kier alpha value is 0.860. The van der Waals surface area contributed by atoms with Crippen molar-refractivity contribution < 1.29 is 0 Å². The topological polar surface area (TPSA) is 0 Å². The summed E-state index contributed by atoms with van der Waals surface area (Å²) in [5, 5.41) is 0. The summed E-state index contributed by atoms with van der Waals surface area (Å²) in [5.41, 5.74) is 0. The van der Waals surface area contributed by atoms with Crippen LogP contribution in [0.4, 0.5) is 0 Å². The van der Waals surface area contributed by atoms with Crippen LogP contribution in [-0.2, 0) is 0 Å². The Bertz CT molecular complexity index is 158. The Morgan fingerprint density at radius 3 is 0.944 bits per heavy atom. The molecule has 0 aliphatic heterocycles. The molecule has 2 heteroatoms. The van der Waals surface area contributed by atoms with Gasteiger partial charge in [-0.2, -0.15) is 0 Å². The maximum atomic E-state index is 3.50. The van der Waals surface area contributed by atoms with Crippen LogP contribution in [0.5, 0.6) is 0 Å².